The van der Waals surface area contributed by atoms with Gasteiger partial charge in [-0.3, -0.25) is 9.69 Å². The molecule has 3 amide bonds. The van der Waals surface area contributed by atoms with Gasteiger partial charge in [0.25, 0.3) is 0 Å². The summed E-state index contributed by atoms with van der Waals surface area (Å²) in [5, 5.41) is 3.40. The van der Waals surface area contributed by atoms with E-state index in [1.165, 1.54) is 0 Å². The van der Waals surface area contributed by atoms with Crippen LogP contribution in [-0.4, -0.2) is 68.6 Å². The zero-order valence-corrected chi connectivity index (χ0v) is 13.6. The second-order valence-electron chi connectivity index (χ2n) is 5.49. The van der Waals surface area contributed by atoms with E-state index in [9.17, 15) is 9.59 Å². The quantitative estimate of drug-likeness (QED) is 0.857. The van der Waals surface area contributed by atoms with Crippen LogP contribution in [-0.2, 0) is 4.79 Å². The van der Waals surface area contributed by atoms with Gasteiger partial charge in [-0.15, -0.1) is 0 Å². The Morgan fingerprint density at radius 3 is 2.82 bits per heavy atom. The molecule has 0 saturated carbocycles. The summed E-state index contributed by atoms with van der Waals surface area (Å²) in [6.07, 6.45) is 0. The molecule has 6 nitrogen and oxygen atoms in total. The number of hydrogen-bond donors (Lipinski definition) is 1. The second kappa shape index (κ2) is 7.47. The van der Waals surface area contributed by atoms with Gasteiger partial charge >= 0.3 is 6.03 Å². The molecule has 0 unspecified atom stereocenters. The van der Waals surface area contributed by atoms with Gasteiger partial charge in [0.05, 0.1) is 0 Å². The van der Waals surface area contributed by atoms with Gasteiger partial charge in [0, 0.05) is 36.9 Å². The van der Waals surface area contributed by atoms with Crippen molar-refractivity contribution >= 4 is 29.2 Å². The lowest BCUT2D eigenvalue weighted by Crippen LogP contribution is -2.41. The summed E-state index contributed by atoms with van der Waals surface area (Å²) >= 11 is 5.95. The van der Waals surface area contributed by atoms with Crippen molar-refractivity contribution in [2.75, 3.05) is 51.7 Å². The van der Waals surface area contributed by atoms with Crippen molar-refractivity contribution in [3.63, 3.8) is 0 Å². The van der Waals surface area contributed by atoms with Crippen LogP contribution in [0.25, 0.3) is 0 Å². The Hall–Kier alpha value is -1.79. The third-order valence-corrected chi connectivity index (χ3v) is 3.67. The predicted octanol–water partition coefficient (Wildman–Crippen LogP) is 1.26. The molecule has 0 spiro atoms. The van der Waals surface area contributed by atoms with Gasteiger partial charge in [-0.25, -0.2) is 4.79 Å². The minimum Gasteiger partial charge on any atom is -0.353 e. The summed E-state index contributed by atoms with van der Waals surface area (Å²) in [6.45, 7) is 2.53. The number of likely N-dealkylation sites (N-methyl/N-ethyl adjacent to an activating group) is 1. The van der Waals surface area contributed by atoms with E-state index in [-0.39, 0.29) is 18.5 Å². The molecule has 2 rings (SSSR count). The zero-order valence-electron chi connectivity index (χ0n) is 12.9. The van der Waals surface area contributed by atoms with Crippen molar-refractivity contribution in [1.82, 2.24) is 15.1 Å². The lowest BCUT2D eigenvalue weighted by Gasteiger charge is -2.19. The maximum Gasteiger partial charge on any atom is 0.325 e. The van der Waals surface area contributed by atoms with Crippen LogP contribution in [0, 0.1) is 0 Å². The van der Waals surface area contributed by atoms with E-state index in [2.05, 4.69) is 5.32 Å². The molecule has 22 heavy (non-hydrogen) atoms. The maximum absolute atomic E-state index is 12.4. The van der Waals surface area contributed by atoms with E-state index < -0.39 is 0 Å². The van der Waals surface area contributed by atoms with Crippen LogP contribution in [0.2, 0.25) is 5.02 Å². The summed E-state index contributed by atoms with van der Waals surface area (Å²) in [6, 6.07) is 7.00. The minimum absolute atomic E-state index is 0.0866. The van der Waals surface area contributed by atoms with Gasteiger partial charge in [0.2, 0.25) is 5.91 Å². The second-order valence-corrected chi connectivity index (χ2v) is 5.93. The highest BCUT2D eigenvalue weighted by Crippen LogP contribution is 2.23. The number of carbonyl (C=O) groups is 2. The molecular formula is C15H21ClN4O2. The number of nitrogens with zero attached hydrogens (tertiary/aromatic N) is 3. The van der Waals surface area contributed by atoms with Crippen molar-refractivity contribution in [2.24, 2.45) is 0 Å². The number of urea groups is 1. The molecule has 1 heterocycles. The molecule has 1 fully saturated rings. The number of hydrogen-bond acceptors (Lipinski definition) is 3. The fraction of sp³-hybridized carbons (Fsp3) is 0.467. The first-order valence-electron chi connectivity index (χ1n) is 7.21. The highest BCUT2D eigenvalue weighted by molar-refractivity contribution is 6.30. The molecule has 0 radical (unpaired) electrons. The average Bonchev–Trinajstić information content (AvgIpc) is 2.80. The fourth-order valence-corrected chi connectivity index (χ4v) is 2.45. The molecule has 7 heteroatoms. The molecule has 1 aliphatic rings. The molecule has 0 aliphatic carbocycles. The van der Waals surface area contributed by atoms with Crippen LogP contribution < -0.4 is 10.2 Å². The Balaban J connectivity index is 1.87. The SMILES string of the molecule is CN(C)CCNC(=O)CN1CCN(c2cccc(Cl)c2)C1=O. The molecule has 0 bridgehead atoms. The summed E-state index contributed by atoms with van der Waals surface area (Å²) in [5.41, 5.74) is 0.757. The Bertz CT molecular complexity index is 550. The Labute approximate surface area is 135 Å². The lowest BCUT2D eigenvalue weighted by atomic mass is 10.3. The van der Waals surface area contributed by atoms with E-state index in [0.717, 1.165) is 12.2 Å². The van der Waals surface area contributed by atoms with Crippen molar-refractivity contribution < 1.29 is 9.59 Å². The Kier molecular flexibility index (Phi) is 5.63. The number of halogens is 1. The monoisotopic (exact) mass is 324 g/mol. The summed E-state index contributed by atoms with van der Waals surface area (Å²) in [5.74, 6) is -0.136. The number of carbonyl (C=O) groups excluding carboxylic acids is 2. The molecule has 1 aliphatic heterocycles. The average molecular weight is 325 g/mol. The Morgan fingerprint density at radius 2 is 2.14 bits per heavy atom. The molecule has 0 atom stereocenters. The summed E-state index contributed by atoms with van der Waals surface area (Å²) < 4.78 is 0. The standard InChI is InChI=1S/C15H21ClN4O2/c1-18(2)7-6-17-14(21)11-19-8-9-20(15(19)22)13-5-3-4-12(16)10-13/h3-5,10H,6-9,11H2,1-2H3,(H,17,21). The first kappa shape index (κ1) is 16.6. The molecule has 1 N–H and O–H groups in total. The Morgan fingerprint density at radius 1 is 1.36 bits per heavy atom. The van der Waals surface area contributed by atoms with Gasteiger partial charge < -0.3 is 15.1 Å². The predicted molar refractivity (Wildman–Crippen MR) is 87.3 cm³/mol. The van der Waals surface area contributed by atoms with E-state index >= 15 is 0 Å². The molecular weight excluding hydrogens is 304 g/mol. The third kappa shape index (κ3) is 4.35. The number of nitrogens with one attached hydrogen (secondary N) is 1. The number of rotatable bonds is 6. The fourth-order valence-electron chi connectivity index (χ4n) is 2.26. The number of anilines is 1. The van der Waals surface area contributed by atoms with E-state index in [1.54, 1.807) is 21.9 Å². The zero-order chi connectivity index (χ0) is 16.1. The first-order chi connectivity index (χ1) is 10.5. The van der Waals surface area contributed by atoms with Crippen molar-refractivity contribution in [2.45, 2.75) is 0 Å². The summed E-state index contributed by atoms with van der Waals surface area (Å²) in [7, 11) is 3.89. The van der Waals surface area contributed by atoms with Crippen LogP contribution in [0.5, 0.6) is 0 Å². The van der Waals surface area contributed by atoms with E-state index in [0.29, 0.717) is 24.7 Å². The van der Waals surface area contributed by atoms with Gasteiger partial charge in [0.15, 0.2) is 0 Å². The van der Waals surface area contributed by atoms with Crippen LogP contribution in [0.3, 0.4) is 0 Å². The van der Waals surface area contributed by atoms with Crippen LogP contribution in [0.1, 0.15) is 0 Å². The highest BCUT2D eigenvalue weighted by Gasteiger charge is 2.30. The largest absolute Gasteiger partial charge is 0.353 e. The van der Waals surface area contributed by atoms with Crippen molar-refractivity contribution in [1.29, 1.82) is 0 Å². The summed E-state index contributed by atoms with van der Waals surface area (Å²) in [4.78, 5) is 29.4. The van der Waals surface area contributed by atoms with E-state index in [1.807, 2.05) is 31.1 Å². The lowest BCUT2D eigenvalue weighted by molar-refractivity contribution is -0.121. The minimum atomic E-state index is -0.162. The van der Waals surface area contributed by atoms with Crippen molar-refractivity contribution in [3.8, 4) is 0 Å². The van der Waals surface area contributed by atoms with Crippen LogP contribution >= 0.6 is 11.6 Å². The first-order valence-corrected chi connectivity index (χ1v) is 7.58. The molecule has 120 valence electrons. The topological polar surface area (TPSA) is 55.9 Å². The van der Waals surface area contributed by atoms with Gasteiger partial charge in [-0.2, -0.15) is 0 Å². The van der Waals surface area contributed by atoms with Crippen LogP contribution in [0.4, 0.5) is 10.5 Å². The third-order valence-electron chi connectivity index (χ3n) is 3.43. The normalized spacial score (nSPS) is 14.8. The number of benzene rings is 1. The van der Waals surface area contributed by atoms with Gasteiger partial charge in [0.1, 0.15) is 6.54 Å². The number of amides is 3. The molecule has 1 aromatic rings. The molecule has 1 aromatic carbocycles. The smallest absolute Gasteiger partial charge is 0.325 e. The van der Waals surface area contributed by atoms with Crippen LogP contribution in [0.15, 0.2) is 24.3 Å². The van der Waals surface area contributed by atoms with E-state index in [4.69, 9.17) is 11.6 Å². The maximum atomic E-state index is 12.4. The molecule has 0 aromatic heterocycles. The van der Waals surface area contributed by atoms with Gasteiger partial charge in [-0.05, 0) is 32.3 Å². The van der Waals surface area contributed by atoms with Gasteiger partial charge in [-0.1, -0.05) is 17.7 Å². The highest BCUT2D eigenvalue weighted by atomic mass is 35.5. The molecule has 1 saturated heterocycles. The van der Waals surface area contributed by atoms with Crippen molar-refractivity contribution in [3.05, 3.63) is 29.3 Å².